The molecular weight excluding hydrogens is 595 g/mol. The average Bonchev–Trinajstić information content (AvgIpc) is 3.50. The summed E-state index contributed by atoms with van der Waals surface area (Å²) < 4.78 is 25.5. The highest BCUT2D eigenvalue weighted by Gasteiger charge is 2.42. The molecule has 1 amide bonds. The highest BCUT2D eigenvalue weighted by Crippen LogP contribution is 2.44. The zero-order chi connectivity index (χ0) is 26.8. The summed E-state index contributed by atoms with van der Waals surface area (Å²) in [4.78, 5) is 18.4. The lowest BCUT2D eigenvalue weighted by Gasteiger charge is -2.26. The van der Waals surface area contributed by atoms with Gasteiger partial charge in [-0.3, -0.25) is 9.78 Å². The Morgan fingerprint density at radius 2 is 2.08 bits per heavy atom. The molecule has 0 radical (unpaired) electrons. The summed E-state index contributed by atoms with van der Waals surface area (Å²) >= 11 is 15.7. The fourth-order valence-electron chi connectivity index (χ4n) is 4.34. The molecule has 1 aliphatic rings. The molecule has 0 aliphatic carbocycles. The van der Waals surface area contributed by atoms with Crippen LogP contribution in [0.3, 0.4) is 0 Å². The molecule has 2 aromatic carbocycles. The third kappa shape index (κ3) is 5.30. The molecule has 1 saturated heterocycles. The number of carbonyl (C=O) groups is 1. The van der Waals surface area contributed by atoms with E-state index in [0.717, 1.165) is 5.69 Å². The van der Waals surface area contributed by atoms with Gasteiger partial charge in [0.25, 0.3) is 0 Å². The smallest absolute Gasteiger partial charge is 0.250 e. The van der Waals surface area contributed by atoms with E-state index in [4.69, 9.17) is 33.0 Å². The highest BCUT2D eigenvalue weighted by atomic mass is 79.9. The molecule has 11 heteroatoms. The molecule has 0 saturated carbocycles. The van der Waals surface area contributed by atoms with Crippen LogP contribution in [0.2, 0.25) is 5.02 Å². The van der Waals surface area contributed by atoms with Gasteiger partial charge in [-0.1, -0.05) is 17.7 Å². The van der Waals surface area contributed by atoms with Gasteiger partial charge in [-0.25, -0.2) is 4.39 Å². The van der Waals surface area contributed by atoms with Gasteiger partial charge in [0.2, 0.25) is 5.91 Å². The van der Waals surface area contributed by atoms with E-state index in [-0.39, 0.29) is 24.4 Å². The van der Waals surface area contributed by atoms with Crippen molar-refractivity contribution in [3.05, 3.63) is 99.7 Å². The maximum Gasteiger partial charge on any atom is 0.250 e. The lowest BCUT2D eigenvalue weighted by molar-refractivity contribution is -0.119. The van der Waals surface area contributed by atoms with E-state index in [0.29, 0.717) is 43.1 Å². The number of halogens is 3. The van der Waals surface area contributed by atoms with E-state index in [2.05, 4.69) is 31.5 Å². The SMILES string of the molecule is COCC(=O)Nc1ccc(N2C(=S)NC(c3ccccn3)C2c2ccc(-c3ccc(F)cc3Br)o2)cc1Cl. The number of rotatable bonds is 7. The van der Waals surface area contributed by atoms with Gasteiger partial charge >= 0.3 is 0 Å². The van der Waals surface area contributed by atoms with Crippen molar-refractivity contribution in [2.75, 3.05) is 23.9 Å². The quantitative estimate of drug-likeness (QED) is 0.225. The van der Waals surface area contributed by atoms with Gasteiger partial charge in [0.15, 0.2) is 5.11 Å². The summed E-state index contributed by atoms with van der Waals surface area (Å²) in [6.45, 7) is -0.0863. The van der Waals surface area contributed by atoms with Crippen molar-refractivity contribution < 1.29 is 18.3 Å². The minimum Gasteiger partial charge on any atom is -0.459 e. The van der Waals surface area contributed by atoms with Crippen LogP contribution in [-0.4, -0.2) is 29.7 Å². The lowest BCUT2D eigenvalue weighted by Crippen LogP contribution is -2.29. The van der Waals surface area contributed by atoms with Crippen molar-refractivity contribution in [3.8, 4) is 11.3 Å². The molecule has 2 unspecified atom stereocenters. The number of hydrogen-bond donors (Lipinski definition) is 2. The number of pyridine rings is 1. The zero-order valence-electron chi connectivity index (χ0n) is 20.0. The molecular formula is C27H21BrClFN4O3S. The summed E-state index contributed by atoms with van der Waals surface area (Å²) in [5.74, 6) is 0.521. The Labute approximate surface area is 237 Å². The largest absolute Gasteiger partial charge is 0.459 e. The Morgan fingerprint density at radius 3 is 2.79 bits per heavy atom. The molecule has 0 bridgehead atoms. The van der Waals surface area contributed by atoms with E-state index in [1.807, 2.05) is 41.3 Å². The summed E-state index contributed by atoms with van der Waals surface area (Å²) in [5.41, 5.74) is 2.64. The first kappa shape index (κ1) is 26.3. The van der Waals surface area contributed by atoms with Crippen LogP contribution < -0.4 is 15.5 Å². The molecule has 5 rings (SSSR count). The fourth-order valence-corrected chi connectivity index (χ4v) is 5.45. The van der Waals surface area contributed by atoms with Crippen molar-refractivity contribution in [3.63, 3.8) is 0 Å². The predicted octanol–water partition coefficient (Wildman–Crippen LogP) is 6.66. The van der Waals surface area contributed by atoms with Crippen LogP contribution in [-0.2, 0) is 9.53 Å². The van der Waals surface area contributed by atoms with Gasteiger partial charge in [0.05, 0.1) is 22.4 Å². The second-order valence-electron chi connectivity index (χ2n) is 8.47. The van der Waals surface area contributed by atoms with Crippen molar-refractivity contribution in [1.82, 2.24) is 10.3 Å². The standard InChI is InChI=1S/C27H21BrClFN4O3S/c1-36-14-24(35)32-20-8-6-16(13-19(20)29)34-26(25(33-27(34)38)21-4-2-3-11-31-21)23-10-9-22(37-23)17-7-5-15(30)12-18(17)28/h2-13,25-26H,14H2,1H3,(H,32,35)(H,33,38). The molecule has 38 heavy (non-hydrogen) atoms. The van der Waals surface area contributed by atoms with Gasteiger partial charge in [-0.05, 0) is 88.8 Å². The van der Waals surface area contributed by atoms with Crippen LogP contribution >= 0.6 is 39.7 Å². The minimum atomic E-state index is -0.421. The van der Waals surface area contributed by atoms with Gasteiger partial charge < -0.3 is 24.7 Å². The Balaban J connectivity index is 1.55. The van der Waals surface area contributed by atoms with Crippen LogP contribution in [0.15, 0.2) is 81.8 Å². The number of hydrogen-bond acceptors (Lipinski definition) is 5. The first-order valence-corrected chi connectivity index (χ1v) is 13.1. The number of carbonyl (C=O) groups excluding carboxylic acids is 1. The van der Waals surface area contributed by atoms with Gasteiger partial charge in [0.1, 0.15) is 30.0 Å². The summed E-state index contributed by atoms with van der Waals surface area (Å²) in [6.07, 6.45) is 1.72. The third-order valence-electron chi connectivity index (χ3n) is 5.99. The Hall–Kier alpha value is -3.31. The molecule has 2 aromatic heterocycles. The van der Waals surface area contributed by atoms with Crippen molar-refractivity contribution >= 4 is 62.1 Å². The topological polar surface area (TPSA) is 79.6 Å². The van der Waals surface area contributed by atoms with Crippen LogP contribution in [0.25, 0.3) is 11.3 Å². The Morgan fingerprint density at radius 1 is 1.24 bits per heavy atom. The molecule has 3 heterocycles. The molecule has 2 N–H and O–H groups in total. The van der Waals surface area contributed by atoms with Gasteiger partial charge in [0, 0.05) is 29.0 Å². The molecule has 4 aromatic rings. The number of methoxy groups -OCH3 is 1. The monoisotopic (exact) mass is 614 g/mol. The fraction of sp³-hybridized carbons (Fsp3) is 0.148. The predicted molar refractivity (Wildman–Crippen MR) is 152 cm³/mol. The number of aromatic nitrogens is 1. The number of nitrogens with one attached hydrogen (secondary N) is 2. The zero-order valence-corrected chi connectivity index (χ0v) is 23.1. The van der Waals surface area contributed by atoms with E-state index in [1.54, 1.807) is 24.4 Å². The second kappa shape index (κ2) is 11.2. The maximum atomic E-state index is 13.7. The second-order valence-corrected chi connectivity index (χ2v) is 10.1. The maximum absolute atomic E-state index is 13.7. The Bertz CT molecular complexity index is 1500. The molecule has 1 fully saturated rings. The number of furan rings is 1. The summed E-state index contributed by atoms with van der Waals surface area (Å²) in [7, 11) is 1.44. The van der Waals surface area contributed by atoms with E-state index >= 15 is 0 Å². The third-order valence-corrected chi connectivity index (χ3v) is 7.28. The number of thiocarbonyl (C=S) groups is 1. The summed E-state index contributed by atoms with van der Waals surface area (Å²) in [6, 6.07) is 18.3. The molecule has 194 valence electrons. The van der Waals surface area contributed by atoms with E-state index in [9.17, 15) is 9.18 Å². The number of ether oxygens (including phenoxy) is 1. The van der Waals surface area contributed by atoms with Crippen molar-refractivity contribution in [2.24, 2.45) is 0 Å². The van der Waals surface area contributed by atoms with Gasteiger partial charge in [-0.2, -0.15) is 0 Å². The van der Waals surface area contributed by atoms with Gasteiger partial charge in [-0.15, -0.1) is 0 Å². The minimum absolute atomic E-state index is 0.0863. The normalized spacial score (nSPS) is 16.9. The van der Waals surface area contributed by atoms with Crippen LogP contribution in [0, 0.1) is 5.82 Å². The van der Waals surface area contributed by atoms with Crippen LogP contribution in [0.4, 0.5) is 15.8 Å². The first-order valence-electron chi connectivity index (χ1n) is 11.5. The van der Waals surface area contributed by atoms with E-state index in [1.165, 1.54) is 19.2 Å². The summed E-state index contributed by atoms with van der Waals surface area (Å²) in [5, 5.41) is 6.89. The lowest BCUT2D eigenvalue weighted by atomic mass is 10.0. The van der Waals surface area contributed by atoms with Crippen LogP contribution in [0.5, 0.6) is 0 Å². The van der Waals surface area contributed by atoms with Crippen molar-refractivity contribution in [1.29, 1.82) is 0 Å². The highest BCUT2D eigenvalue weighted by molar-refractivity contribution is 9.10. The number of nitrogens with zero attached hydrogens (tertiary/aromatic N) is 2. The molecule has 2 atom stereocenters. The molecule has 0 spiro atoms. The molecule has 1 aliphatic heterocycles. The van der Waals surface area contributed by atoms with Crippen molar-refractivity contribution in [2.45, 2.75) is 12.1 Å². The number of anilines is 2. The number of benzene rings is 2. The molecule has 7 nitrogen and oxygen atoms in total. The average molecular weight is 616 g/mol. The number of amides is 1. The van der Waals surface area contributed by atoms with E-state index < -0.39 is 6.04 Å². The van der Waals surface area contributed by atoms with Crippen LogP contribution in [0.1, 0.15) is 23.5 Å². The Kier molecular flexibility index (Phi) is 7.75. The first-order chi connectivity index (χ1) is 18.4.